The summed E-state index contributed by atoms with van der Waals surface area (Å²) in [5.74, 6) is 1.04. The average Bonchev–Trinajstić information content (AvgIpc) is 2.79. The molecule has 1 aliphatic rings. The van der Waals surface area contributed by atoms with Crippen molar-refractivity contribution in [2.24, 2.45) is 11.7 Å². The van der Waals surface area contributed by atoms with E-state index in [1.165, 1.54) is 6.20 Å². The van der Waals surface area contributed by atoms with Crippen molar-refractivity contribution in [3.05, 3.63) is 22.7 Å². The van der Waals surface area contributed by atoms with E-state index in [1.54, 1.807) is 0 Å². The molecule has 2 heterocycles. The van der Waals surface area contributed by atoms with E-state index in [2.05, 4.69) is 9.97 Å². The van der Waals surface area contributed by atoms with Crippen LogP contribution in [-0.2, 0) is 0 Å². The van der Waals surface area contributed by atoms with Crippen molar-refractivity contribution in [3.8, 4) is 0 Å². The van der Waals surface area contributed by atoms with Gasteiger partial charge in [0.25, 0.3) is 5.91 Å². The Morgan fingerprint density at radius 2 is 2.30 bits per heavy atom. The van der Waals surface area contributed by atoms with Crippen LogP contribution in [0.3, 0.4) is 0 Å². The number of nitrogens with two attached hydrogens (primary N) is 1. The molecule has 0 spiro atoms. The third-order valence-electron chi connectivity index (χ3n) is 3.74. The van der Waals surface area contributed by atoms with E-state index in [-0.39, 0.29) is 17.9 Å². The molecule has 0 bridgehead atoms. The van der Waals surface area contributed by atoms with Crippen molar-refractivity contribution in [1.29, 1.82) is 0 Å². The Balaban J connectivity index is 2.27. The molecule has 0 aliphatic carbocycles. The van der Waals surface area contributed by atoms with Crippen LogP contribution < -0.4 is 5.73 Å². The number of hydrogen-bond acceptors (Lipinski definition) is 4. The quantitative estimate of drug-likeness (QED) is 0.927. The van der Waals surface area contributed by atoms with Gasteiger partial charge in [-0.1, -0.05) is 25.4 Å². The molecule has 2 N–H and O–H groups in total. The highest BCUT2D eigenvalue weighted by Gasteiger charge is 2.33. The Morgan fingerprint density at radius 3 is 2.85 bits per heavy atom. The molecule has 0 aromatic carbocycles. The van der Waals surface area contributed by atoms with Crippen LogP contribution in [0.4, 0.5) is 0 Å². The summed E-state index contributed by atoms with van der Waals surface area (Å²) in [6.45, 7) is 7.28. The van der Waals surface area contributed by atoms with Gasteiger partial charge in [0.1, 0.15) is 5.82 Å². The molecule has 1 amide bonds. The van der Waals surface area contributed by atoms with Crippen LogP contribution >= 0.6 is 11.6 Å². The molecule has 1 fully saturated rings. The van der Waals surface area contributed by atoms with Crippen LogP contribution in [-0.4, -0.2) is 39.9 Å². The molecule has 1 aromatic rings. The van der Waals surface area contributed by atoms with Gasteiger partial charge in [-0.05, 0) is 25.8 Å². The number of amides is 1. The van der Waals surface area contributed by atoms with Crippen molar-refractivity contribution in [2.45, 2.75) is 39.2 Å². The number of likely N-dealkylation sites (tertiary alicyclic amines) is 1. The molecule has 110 valence electrons. The third kappa shape index (κ3) is 2.94. The lowest BCUT2D eigenvalue weighted by atomic mass is 10.1. The Bertz CT molecular complexity index is 506. The van der Waals surface area contributed by atoms with Crippen LogP contribution in [0.1, 0.15) is 49.4 Å². The second-order valence-electron chi connectivity index (χ2n) is 5.72. The van der Waals surface area contributed by atoms with E-state index in [0.29, 0.717) is 35.5 Å². The summed E-state index contributed by atoms with van der Waals surface area (Å²) in [5.41, 5.74) is 6.00. The molecule has 1 aliphatic heterocycles. The van der Waals surface area contributed by atoms with Crippen LogP contribution in [0.2, 0.25) is 5.02 Å². The fourth-order valence-electron chi connectivity index (χ4n) is 2.54. The third-order valence-corrected chi connectivity index (χ3v) is 4.01. The molecule has 6 heteroatoms. The summed E-state index contributed by atoms with van der Waals surface area (Å²) in [4.78, 5) is 22.9. The lowest BCUT2D eigenvalue weighted by molar-refractivity contribution is 0.0737. The van der Waals surface area contributed by atoms with Crippen LogP contribution in [0.5, 0.6) is 0 Å². The average molecular weight is 297 g/mol. The molecule has 5 nitrogen and oxygen atoms in total. The van der Waals surface area contributed by atoms with Gasteiger partial charge in [-0.3, -0.25) is 4.79 Å². The van der Waals surface area contributed by atoms with Gasteiger partial charge < -0.3 is 10.6 Å². The van der Waals surface area contributed by atoms with Crippen molar-refractivity contribution in [2.75, 3.05) is 13.1 Å². The van der Waals surface area contributed by atoms with Crippen molar-refractivity contribution in [1.82, 2.24) is 14.9 Å². The number of rotatable bonds is 3. The van der Waals surface area contributed by atoms with E-state index in [1.807, 2.05) is 25.7 Å². The van der Waals surface area contributed by atoms with E-state index < -0.39 is 0 Å². The molecule has 0 radical (unpaired) electrons. The number of carbonyl (C=O) groups is 1. The smallest absolute Gasteiger partial charge is 0.274 e. The summed E-state index contributed by atoms with van der Waals surface area (Å²) in [6.07, 6.45) is 2.44. The minimum Gasteiger partial charge on any atom is -0.334 e. The first kappa shape index (κ1) is 15.2. The van der Waals surface area contributed by atoms with E-state index in [4.69, 9.17) is 17.3 Å². The van der Waals surface area contributed by atoms with Crippen LogP contribution in [0.25, 0.3) is 0 Å². The van der Waals surface area contributed by atoms with E-state index >= 15 is 0 Å². The molecule has 1 saturated heterocycles. The fraction of sp³-hybridized carbons (Fsp3) is 0.643. The maximum atomic E-state index is 12.6. The van der Waals surface area contributed by atoms with Gasteiger partial charge in [0.2, 0.25) is 0 Å². The first-order valence-corrected chi connectivity index (χ1v) is 7.35. The van der Waals surface area contributed by atoms with E-state index in [0.717, 1.165) is 6.42 Å². The van der Waals surface area contributed by atoms with Crippen molar-refractivity contribution >= 4 is 17.5 Å². The zero-order chi connectivity index (χ0) is 14.9. The van der Waals surface area contributed by atoms with Gasteiger partial charge in [0.15, 0.2) is 5.69 Å². The van der Waals surface area contributed by atoms with E-state index in [9.17, 15) is 4.79 Å². The first-order chi connectivity index (χ1) is 9.43. The second-order valence-corrected chi connectivity index (χ2v) is 6.13. The number of aromatic nitrogens is 2. The monoisotopic (exact) mass is 296 g/mol. The van der Waals surface area contributed by atoms with Crippen LogP contribution in [0, 0.1) is 5.92 Å². The van der Waals surface area contributed by atoms with Crippen molar-refractivity contribution < 1.29 is 4.79 Å². The van der Waals surface area contributed by atoms with Gasteiger partial charge in [-0.25, -0.2) is 9.97 Å². The Hall–Kier alpha value is -1.20. The maximum Gasteiger partial charge on any atom is 0.274 e. The molecular formula is C14H21ClN4O. The predicted octanol–water partition coefficient (Wildman–Crippen LogP) is 2.06. The summed E-state index contributed by atoms with van der Waals surface area (Å²) in [7, 11) is 0. The molecule has 20 heavy (non-hydrogen) atoms. The summed E-state index contributed by atoms with van der Waals surface area (Å²) in [6, 6.07) is 0.171. The number of hydrogen-bond donors (Lipinski definition) is 1. The second kappa shape index (κ2) is 6.06. The van der Waals surface area contributed by atoms with Gasteiger partial charge >= 0.3 is 0 Å². The molecule has 2 atom stereocenters. The normalized spacial score (nSPS) is 22.6. The topological polar surface area (TPSA) is 72.1 Å². The van der Waals surface area contributed by atoms with Gasteiger partial charge in [-0.15, -0.1) is 0 Å². The van der Waals surface area contributed by atoms with Crippen LogP contribution in [0.15, 0.2) is 6.20 Å². The van der Waals surface area contributed by atoms with Gasteiger partial charge in [0.05, 0.1) is 11.2 Å². The van der Waals surface area contributed by atoms with Gasteiger partial charge in [-0.2, -0.15) is 0 Å². The molecule has 2 unspecified atom stereocenters. The maximum absolute atomic E-state index is 12.6. The lowest BCUT2D eigenvalue weighted by Crippen LogP contribution is -2.35. The highest BCUT2D eigenvalue weighted by Crippen LogP contribution is 2.26. The molecule has 0 saturated carbocycles. The summed E-state index contributed by atoms with van der Waals surface area (Å²) >= 11 is 6.09. The zero-order valence-electron chi connectivity index (χ0n) is 12.1. The molecule has 2 rings (SSSR count). The highest BCUT2D eigenvalue weighted by molar-refractivity contribution is 6.33. The Kier molecular flexibility index (Phi) is 4.60. The number of nitrogens with zero attached hydrogens (tertiary/aromatic N) is 3. The van der Waals surface area contributed by atoms with Crippen molar-refractivity contribution in [3.63, 3.8) is 0 Å². The Labute approximate surface area is 124 Å². The fourth-order valence-corrected chi connectivity index (χ4v) is 2.71. The lowest BCUT2D eigenvalue weighted by Gasteiger charge is -2.21. The number of carbonyl (C=O) groups excluding carboxylic acids is 1. The van der Waals surface area contributed by atoms with Gasteiger partial charge in [0, 0.05) is 18.5 Å². The largest absolute Gasteiger partial charge is 0.334 e. The minimum absolute atomic E-state index is 0.122. The standard InChI is InChI=1S/C14H21ClN4O/c1-8(2)13-17-6-11(15)12(18-13)14(20)19-7-10(5-16)4-9(19)3/h6,8-10H,4-5,7,16H2,1-3H3. The number of halogens is 1. The summed E-state index contributed by atoms with van der Waals surface area (Å²) < 4.78 is 0. The minimum atomic E-state index is -0.122. The SMILES string of the molecule is CC(C)c1ncc(Cl)c(C(=O)N2CC(CN)CC2C)n1. The molecule has 1 aromatic heterocycles. The first-order valence-electron chi connectivity index (χ1n) is 6.97. The zero-order valence-corrected chi connectivity index (χ0v) is 12.9. The summed E-state index contributed by atoms with van der Waals surface area (Å²) in [5, 5.41) is 0.308. The predicted molar refractivity (Wildman–Crippen MR) is 78.8 cm³/mol. The highest BCUT2D eigenvalue weighted by atomic mass is 35.5. The molecular weight excluding hydrogens is 276 g/mol. The Morgan fingerprint density at radius 1 is 1.60 bits per heavy atom.